The molecule has 0 bridgehead atoms. The minimum absolute atomic E-state index is 0.0264. The second-order valence-corrected chi connectivity index (χ2v) is 4.07. The lowest BCUT2D eigenvalue weighted by atomic mass is 10.2. The van der Waals surface area contributed by atoms with Gasteiger partial charge in [-0.15, -0.1) is 0 Å². The first-order chi connectivity index (χ1) is 8.06. The summed E-state index contributed by atoms with van der Waals surface area (Å²) in [7, 11) is 0. The van der Waals surface area contributed by atoms with E-state index in [4.69, 9.17) is 27.7 Å². The number of benzene rings is 1. The second-order valence-electron chi connectivity index (χ2n) is 3.23. The van der Waals surface area contributed by atoms with Gasteiger partial charge in [0, 0.05) is 5.02 Å². The van der Waals surface area contributed by atoms with Crippen LogP contribution in [0.5, 0.6) is 0 Å². The van der Waals surface area contributed by atoms with Gasteiger partial charge in [-0.25, -0.2) is 0 Å². The molecule has 17 heavy (non-hydrogen) atoms. The Labute approximate surface area is 107 Å². The average Bonchev–Trinajstić information content (AvgIpc) is 2.63. The fourth-order valence-electron chi connectivity index (χ4n) is 1.19. The minimum atomic E-state index is -0.435. The summed E-state index contributed by atoms with van der Waals surface area (Å²) in [5.41, 5.74) is 0.284. The number of rotatable bonds is 2. The van der Waals surface area contributed by atoms with Crippen LogP contribution in [0.4, 0.5) is 6.01 Å². The third-order valence-electron chi connectivity index (χ3n) is 1.92. The molecule has 0 saturated heterocycles. The highest BCUT2D eigenvalue weighted by Crippen LogP contribution is 2.21. The fraction of sp³-hybridized carbons (Fsp3) is 0.100. The zero-order valence-electron chi connectivity index (χ0n) is 8.70. The van der Waals surface area contributed by atoms with Gasteiger partial charge >= 0.3 is 6.01 Å². The number of aromatic nitrogens is 2. The number of aryl methyl sites for hydroxylation is 1. The highest BCUT2D eigenvalue weighted by atomic mass is 35.5. The molecule has 5 nitrogen and oxygen atoms in total. The first kappa shape index (κ1) is 11.9. The van der Waals surface area contributed by atoms with Gasteiger partial charge in [0.1, 0.15) is 0 Å². The normalized spacial score (nSPS) is 10.3. The van der Waals surface area contributed by atoms with Gasteiger partial charge in [0.2, 0.25) is 0 Å². The molecule has 1 aromatic carbocycles. The first-order valence-electron chi connectivity index (χ1n) is 4.63. The lowest BCUT2D eigenvalue weighted by Gasteiger charge is -2.02. The Balaban J connectivity index is 2.20. The number of carbonyl (C=O) groups is 1. The predicted octanol–water partition coefficient (Wildman–Crippen LogP) is 2.94. The Morgan fingerprint density at radius 1 is 1.41 bits per heavy atom. The summed E-state index contributed by atoms with van der Waals surface area (Å²) in [5.74, 6) is -0.00202. The summed E-state index contributed by atoms with van der Waals surface area (Å²) in [4.78, 5) is 15.6. The number of hydrogen-bond donors (Lipinski definition) is 1. The number of nitrogens with zero attached hydrogens (tertiary/aromatic N) is 2. The van der Waals surface area contributed by atoms with E-state index in [2.05, 4.69) is 15.5 Å². The van der Waals surface area contributed by atoms with Crippen molar-refractivity contribution in [2.45, 2.75) is 6.92 Å². The monoisotopic (exact) mass is 271 g/mol. The van der Waals surface area contributed by atoms with Crippen LogP contribution in [0.15, 0.2) is 22.7 Å². The van der Waals surface area contributed by atoms with E-state index in [1.165, 1.54) is 12.1 Å². The number of halogens is 2. The van der Waals surface area contributed by atoms with E-state index in [9.17, 15) is 4.79 Å². The average molecular weight is 272 g/mol. The SMILES string of the molecule is Cc1noc(NC(=O)c2ccc(Cl)cc2Cl)n1. The second kappa shape index (κ2) is 4.73. The van der Waals surface area contributed by atoms with Gasteiger partial charge < -0.3 is 4.52 Å². The van der Waals surface area contributed by atoms with Gasteiger partial charge in [0.25, 0.3) is 5.91 Å². The molecule has 0 spiro atoms. The molecule has 2 aromatic rings. The van der Waals surface area contributed by atoms with Crippen LogP contribution < -0.4 is 5.32 Å². The highest BCUT2D eigenvalue weighted by molar-refractivity contribution is 6.37. The number of carbonyl (C=O) groups excluding carboxylic acids is 1. The van der Waals surface area contributed by atoms with Crippen molar-refractivity contribution in [2.24, 2.45) is 0 Å². The predicted molar refractivity (Wildman–Crippen MR) is 63.5 cm³/mol. The van der Waals surface area contributed by atoms with Crippen molar-refractivity contribution < 1.29 is 9.32 Å². The Morgan fingerprint density at radius 3 is 2.76 bits per heavy atom. The van der Waals surface area contributed by atoms with Crippen molar-refractivity contribution >= 4 is 35.1 Å². The molecule has 7 heteroatoms. The van der Waals surface area contributed by atoms with Crippen molar-refractivity contribution in [3.63, 3.8) is 0 Å². The van der Waals surface area contributed by atoms with Crippen molar-refractivity contribution in [1.82, 2.24) is 10.1 Å². The fourth-order valence-corrected chi connectivity index (χ4v) is 1.68. The summed E-state index contributed by atoms with van der Waals surface area (Å²) >= 11 is 11.6. The summed E-state index contributed by atoms with van der Waals surface area (Å²) in [6.45, 7) is 1.65. The molecule has 0 radical (unpaired) electrons. The zero-order valence-corrected chi connectivity index (χ0v) is 10.2. The van der Waals surface area contributed by atoms with Crippen LogP contribution in [0.3, 0.4) is 0 Å². The zero-order chi connectivity index (χ0) is 12.4. The molecular weight excluding hydrogens is 265 g/mol. The van der Waals surface area contributed by atoms with Crippen LogP contribution in [0.1, 0.15) is 16.2 Å². The summed E-state index contributed by atoms with van der Waals surface area (Å²) < 4.78 is 4.76. The van der Waals surface area contributed by atoms with Crippen molar-refractivity contribution in [1.29, 1.82) is 0 Å². The topological polar surface area (TPSA) is 68.0 Å². The quantitative estimate of drug-likeness (QED) is 0.912. The maximum Gasteiger partial charge on any atom is 0.328 e. The van der Waals surface area contributed by atoms with E-state index in [1.54, 1.807) is 13.0 Å². The molecule has 0 aliphatic rings. The summed E-state index contributed by atoms with van der Waals surface area (Å²) in [6, 6.07) is 4.60. The van der Waals surface area contributed by atoms with E-state index < -0.39 is 5.91 Å². The molecule has 0 fully saturated rings. The highest BCUT2D eigenvalue weighted by Gasteiger charge is 2.13. The lowest BCUT2D eigenvalue weighted by molar-refractivity contribution is 0.102. The summed E-state index contributed by atoms with van der Waals surface area (Å²) in [6.07, 6.45) is 0. The molecule has 1 amide bonds. The number of hydrogen-bond acceptors (Lipinski definition) is 4. The molecular formula is C10H7Cl2N3O2. The molecule has 2 rings (SSSR count). The molecule has 0 aliphatic heterocycles. The van der Waals surface area contributed by atoms with E-state index in [0.717, 1.165) is 0 Å². The Morgan fingerprint density at radius 2 is 2.18 bits per heavy atom. The van der Waals surface area contributed by atoms with Crippen molar-refractivity contribution in [3.05, 3.63) is 39.6 Å². The van der Waals surface area contributed by atoms with Gasteiger partial charge in [-0.2, -0.15) is 4.98 Å². The number of nitrogens with one attached hydrogen (secondary N) is 1. The standard InChI is InChI=1S/C10H7Cl2N3O2/c1-5-13-10(17-15-5)14-9(16)7-3-2-6(11)4-8(7)12/h2-4H,1H3,(H,13,14,15,16). The smallest absolute Gasteiger partial charge is 0.315 e. The van der Waals surface area contributed by atoms with Crippen LogP contribution >= 0.6 is 23.2 Å². The minimum Gasteiger partial charge on any atom is -0.315 e. The Hall–Kier alpha value is -1.59. The maximum atomic E-state index is 11.8. The van der Waals surface area contributed by atoms with Gasteiger partial charge in [-0.3, -0.25) is 10.1 Å². The Kier molecular flexibility index (Phi) is 3.31. The van der Waals surface area contributed by atoms with E-state index >= 15 is 0 Å². The van der Waals surface area contributed by atoms with Gasteiger partial charge in [0.15, 0.2) is 5.82 Å². The van der Waals surface area contributed by atoms with Crippen LogP contribution in [0.25, 0.3) is 0 Å². The molecule has 0 unspecified atom stereocenters. The largest absolute Gasteiger partial charge is 0.328 e. The number of anilines is 1. The maximum absolute atomic E-state index is 11.8. The van der Waals surface area contributed by atoms with Crippen LogP contribution in [-0.4, -0.2) is 16.0 Å². The van der Waals surface area contributed by atoms with Crippen LogP contribution in [-0.2, 0) is 0 Å². The van der Waals surface area contributed by atoms with Crippen molar-refractivity contribution in [2.75, 3.05) is 5.32 Å². The Bertz CT molecular complexity index is 568. The molecule has 1 N–H and O–H groups in total. The summed E-state index contributed by atoms with van der Waals surface area (Å²) in [5, 5.41) is 6.69. The van der Waals surface area contributed by atoms with Crippen LogP contribution in [0, 0.1) is 6.92 Å². The molecule has 88 valence electrons. The molecule has 1 heterocycles. The van der Waals surface area contributed by atoms with Gasteiger partial charge in [-0.05, 0) is 25.1 Å². The molecule has 0 saturated carbocycles. The molecule has 0 atom stereocenters. The lowest BCUT2D eigenvalue weighted by Crippen LogP contribution is -2.12. The van der Waals surface area contributed by atoms with Gasteiger partial charge in [-0.1, -0.05) is 28.4 Å². The van der Waals surface area contributed by atoms with Crippen LogP contribution in [0.2, 0.25) is 10.0 Å². The van der Waals surface area contributed by atoms with Crippen molar-refractivity contribution in [3.8, 4) is 0 Å². The van der Waals surface area contributed by atoms with E-state index in [1.807, 2.05) is 0 Å². The molecule has 1 aromatic heterocycles. The third-order valence-corrected chi connectivity index (χ3v) is 2.47. The third kappa shape index (κ3) is 2.75. The van der Waals surface area contributed by atoms with Gasteiger partial charge in [0.05, 0.1) is 10.6 Å². The number of amides is 1. The molecule has 0 aliphatic carbocycles. The van der Waals surface area contributed by atoms with E-state index in [0.29, 0.717) is 10.8 Å². The van der Waals surface area contributed by atoms with E-state index in [-0.39, 0.29) is 16.6 Å². The first-order valence-corrected chi connectivity index (χ1v) is 5.38.